The van der Waals surface area contributed by atoms with Crippen molar-refractivity contribution in [2.45, 2.75) is 32.2 Å². The maximum Gasteiger partial charge on any atom is 0.241 e. The number of aryl methyl sites for hydroxylation is 2. The molecule has 0 aliphatic rings. The fraction of sp³-hybridized carbons (Fsp3) is 0.385. The van der Waals surface area contributed by atoms with Crippen molar-refractivity contribution < 1.29 is 8.42 Å². The summed E-state index contributed by atoms with van der Waals surface area (Å²) in [4.78, 5) is 0.254. The van der Waals surface area contributed by atoms with Crippen molar-refractivity contribution in [1.29, 1.82) is 0 Å². The van der Waals surface area contributed by atoms with E-state index in [1.165, 1.54) is 0 Å². The van der Waals surface area contributed by atoms with Crippen LogP contribution in [0.5, 0.6) is 0 Å². The van der Waals surface area contributed by atoms with Crippen molar-refractivity contribution in [2.75, 3.05) is 12.3 Å². The summed E-state index contributed by atoms with van der Waals surface area (Å²) in [6.07, 6.45) is 3.22. The van der Waals surface area contributed by atoms with Crippen molar-refractivity contribution in [2.24, 2.45) is 0 Å². The Morgan fingerprint density at radius 2 is 2.00 bits per heavy atom. The molecular weight excluding hydrogens is 290 g/mol. The Labute approximate surface area is 124 Å². The number of aromatic nitrogens is 3. The van der Waals surface area contributed by atoms with Crippen LogP contribution in [0.1, 0.15) is 16.7 Å². The molecule has 0 atom stereocenters. The highest BCUT2D eigenvalue weighted by Gasteiger charge is 2.21. The minimum Gasteiger partial charge on any atom is -0.398 e. The normalized spacial score (nSPS) is 11.8. The molecule has 0 radical (unpaired) electrons. The minimum absolute atomic E-state index is 0.234. The summed E-state index contributed by atoms with van der Waals surface area (Å²) in [5, 5.41) is 7.45. The monoisotopic (exact) mass is 309 g/mol. The number of hydrogen-bond donors (Lipinski definition) is 2. The number of hydrogen-bond acceptors (Lipinski definition) is 5. The third-order valence-corrected chi connectivity index (χ3v) is 5.08. The maximum atomic E-state index is 12.5. The quantitative estimate of drug-likeness (QED) is 0.794. The molecule has 2 aromatic rings. The lowest BCUT2D eigenvalue weighted by molar-refractivity contribution is 0.552. The van der Waals surface area contributed by atoms with Crippen LogP contribution in [0, 0.1) is 20.8 Å². The van der Waals surface area contributed by atoms with E-state index in [-0.39, 0.29) is 11.4 Å². The summed E-state index contributed by atoms with van der Waals surface area (Å²) in [6, 6.07) is 1.79. The lowest BCUT2D eigenvalue weighted by atomic mass is 10.1. The Hall–Kier alpha value is -1.93. The Bertz CT molecular complexity index is 738. The van der Waals surface area contributed by atoms with E-state index in [0.29, 0.717) is 23.4 Å². The van der Waals surface area contributed by atoms with Gasteiger partial charge in [0.2, 0.25) is 10.0 Å². The van der Waals surface area contributed by atoms with Gasteiger partial charge in [-0.25, -0.2) is 13.1 Å². The second-order valence-electron chi connectivity index (χ2n) is 4.94. The molecule has 1 aromatic carbocycles. The molecule has 0 amide bonds. The molecule has 21 heavy (non-hydrogen) atoms. The molecule has 7 nitrogen and oxygen atoms in total. The van der Waals surface area contributed by atoms with Crippen molar-refractivity contribution in [3.05, 3.63) is 35.2 Å². The summed E-state index contributed by atoms with van der Waals surface area (Å²) < 4.78 is 29.0. The van der Waals surface area contributed by atoms with Crippen LogP contribution < -0.4 is 10.5 Å². The predicted molar refractivity (Wildman–Crippen MR) is 80.3 cm³/mol. The van der Waals surface area contributed by atoms with E-state index < -0.39 is 10.0 Å². The zero-order valence-corrected chi connectivity index (χ0v) is 13.1. The number of benzene rings is 1. The first-order valence-electron chi connectivity index (χ1n) is 6.53. The molecule has 1 aromatic heterocycles. The number of anilines is 1. The molecule has 0 saturated carbocycles. The minimum atomic E-state index is -3.61. The number of nitrogens with two attached hydrogens (primary N) is 1. The maximum absolute atomic E-state index is 12.5. The number of rotatable bonds is 5. The SMILES string of the molecule is Cc1cc(C)c(S(=O)(=O)NCCn2ccnn2)c(C)c1N. The van der Waals surface area contributed by atoms with Gasteiger partial charge in [0.25, 0.3) is 0 Å². The molecule has 1 heterocycles. The largest absolute Gasteiger partial charge is 0.398 e. The van der Waals surface area contributed by atoms with Crippen molar-refractivity contribution in [3.8, 4) is 0 Å². The van der Waals surface area contributed by atoms with Crippen molar-refractivity contribution >= 4 is 15.7 Å². The summed E-state index contributed by atoms with van der Waals surface area (Å²) in [7, 11) is -3.61. The van der Waals surface area contributed by atoms with Crippen LogP contribution in [-0.2, 0) is 16.6 Å². The van der Waals surface area contributed by atoms with Gasteiger partial charge >= 0.3 is 0 Å². The third kappa shape index (κ3) is 3.22. The van der Waals surface area contributed by atoms with Crippen LogP contribution in [0.15, 0.2) is 23.4 Å². The zero-order valence-electron chi connectivity index (χ0n) is 12.3. The molecule has 0 aliphatic heterocycles. The van der Waals surface area contributed by atoms with E-state index >= 15 is 0 Å². The van der Waals surface area contributed by atoms with Gasteiger partial charge in [0.15, 0.2) is 0 Å². The van der Waals surface area contributed by atoms with E-state index in [1.807, 2.05) is 6.92 Å². The van der Waals surface area contributed by atoms with Crippen LogP contribution in [-0.4, -0.2) is 30.0 Å². The fourth-order valence-electron chi connectivity index (χ4n) is 2.31. The van der Waals surface area contributed by atoms with Gasteiger partial charge in [0.1, 0.15) is 0 Å². The smallest absolute Gasteiger partial charge is 0.241 e. The summed E-state index contributed by atoms with van der Waals surface area (Å²) in [5.41, 5.74) is 8.60. The van der Waals surface area contributed by atoms with Gasteiger partial charge in [0, 0.05) is 18.4 Å². The third-order valence-electron chi connectivity index (χ3n) is 3.33. The topological polar surface area (TPSA) is 103 Å². The van der Waals surface area contributed by atoms with Crippen LogP contribution >= 0.6 is 0 Å². The van der Waals surface area contributed by atoms with Crippen LogP contribution in [0.3, 0.4) is 0 Å². The molecule has 3 N–H and O–H groups in total. The molecule has 0 saturated heterocycles. The van der Waals surface area contributed by atoms with E-state index in [1.54, 1.807) is 37.0 Å². The zero-order chi connectivity index (χ0) is 15.6. The second-order valence-corrected chi connectivity index (χ2v) is 6.65. The Morgan fingerprint density at radius 1 is 1.29 bits per heavy atom. The van der Waals surface area contributed by atoms with Gasteiger partial charge in [-0.05, 0) is 37.5 Å². The average molecular weight is 309 g/mol. The highest BCUT2D eigenvalue weighted by molar-refractivity contribution is 7.89. The molecule has 0 aliphatic carbocycles. The van der Waals surface area contributed by atoms with Gasteiger partial charge in [-0.15, -0.1) is 5.10 Å². The fourth-order valence-corrected chi connectivity index (χ4v) is 3.81. The molecule has 0 unspecified atom stereocenters. The number of sulfonamides is 1. The van der Waals surface area contributed by atoms with Gasteiger partial charge in [-0.1, -0.05) is 11.3 Å². The highest BCUT2D eigenvalue weighted by atomic mass is 32.2. The molecule has 8 heteroatoms. The Balaban J connectivity index is 2.22. The summed E-state index contributed by atoms with van der Waals surface area (Å²) in [6.45, 7) is 6.01. The first kappa shape index (κ1) is 15.5. The van der Waals surface area contributed by atoms with E-state index in [4.69, 9.17) is 5.73 Å². The van der Waals surface area contributed by atoms with Crippen LogP contribution in [0.2, 0.25) is 0 Å². The van der Waals surface area contributed by atoms with Gasteiger partial charge in [-0.2, -0.15) is 0 Å². The van der Waals surface area contributed by atoms with E-state index in [0.717, 1.165) is 5.56 Å². The lowest BCUT2D eigenvalue weighted by Gasteiger charge is -2.15. The number of nitrogens with one attached hydrogen (secondary N) is 1. The van der Waals surface area contributed by atoms with Crippen LogP contribution in [0.4, 0.5) is 5.69 Å². The Morgan fingerprint density at radius 3 is 2.62 bits per heavy atom. The number of nitrogens with zero attached hydrogens (tertiary/aromatic N) is 3. The van der Waals surface area contributed by atoms with Crippen LogP contribution in [0.25, 0.3) is 0 Å². The van der Waals surface area contributed by atoms with Crippen molar-refractivity contribution in [1.82, 2.24) is 19.7 Å². The number of nitrogen functional groups attached to an aromatic ring is 1. The van der Waals surface area contributed by atoms with Gasteiger partial charge in [-0.3, -0.25) is 4.68 Å². The summed E-state index contributed by atoms with van der Waals surface area (Å²) >= 11 is 0. The highest BCUT2D eigenvalue weighted by Crippen LogP contribution is 2.27. The summed E-state index contributed by atoms with van der Waals surface area (Å²) in [5.74, 6) is 0. The first-order chi connectivity index (χ1) is 9.83. The second kappa shape index (κ2) is 5.82. The Kier molecular flexibility index (Phi) is 4.29. The molecule has 0 fully saturated rings. The van der Waals surface area contributed by atoms with Gasteiger partial charge < -0.3 is 5.73 Å². The molecular formula is C13H19N5O2S. The van der Waals surface area contributed by atoms with Crippen molar-refractivity contribution in [3.63, 3.8) is 0 Å². The first-order valence-corrected chi connectivity index (χ1v) is 8.01. The standard InChI is InChI=1S/C13H19N5O2S/c1-9-8-10(2)13(11(3)12(9)14)21(19,20)16-5-7-18-6-4-15-17-18/h4,6,8,16H,5,7,14H2,1-3H3. The molecule has 0 spiro atoms. The molecule has 0 bridgehead atoms. The average Bonchev–Trinajstić information content (AvgIpc) is 2.88. The lowest BCUT2D eigenvalue weighted by Crippen LogP contribution is -2.29. The predicted octanol–water partition coefficient (Wildman–Crippen LogP) is 0.764. The van der Waals surface area contributed by atoms with Gasteiger partial charge in [0.05, 0.1) is 17.6 Å². The molecule has 2 rings (SSSR count). The molecule has 114 valence electrons. The van der Waals surface area contributed by atoms with E-state index in [2.05, 4.69) is 15.0 Å². The van der Waals surface area contributed by atoms with E-state index in [9.17, 15) is 8.42 Å².